The first-order chi connectivity index (χ1) is 21.6. The number of aromatic nitrogens is 3. The van der Waals surface area contributed by atoms with Gasteiger partial charge in [-0.25, -0.2) is 13.4 Å². The number of alkyl halides is 6. The summed E-state index contributed by atoms with van der Waals surface area (Å²) >= 11 is 1.15. The van der Waals surface area contributed by atoms with Crippen LogP contribution in [0.15, 0.2) is 59.6 Å². The second-order valence-electron chi connectivity index (χ2n) is 9.50. The number of sulfonamides is 1. The lowest BCUT2D eigenvalue weighted by Gasteiger charge is -2.39. The van der Waals surface area contributed by atoms with Gasteiger partial charge in [0, 0.05) is 26.2 Å². The molecule has 2 aromatic carbocycles. The van der Waals surface area contributed by atoms with Gasteiger partial charge in [0.15, 0.2) is 10.8 Å². The summed E-state index contributed by atoms with van der Waals surface area (Å²) in [7, 11) is -4.45. The summed E-state index contributed by atoms with van der Waals surface area (Å²) in [6.45, 7) is -0.587. The molecule has 0 unspecified atom stereocenters. The predicted octanol–water partition coefficient (Wildman–Crippen LogP) is 3.95. The van der Waals surface area contributed by atoms with Crippen molar-refractivity contribution in [3.05, 3.63) is 66.1 Å². The summed E-state index contributed by atoms with van der Waals surface area (Å²) in [5.74, 6) is -2.00. The Labute approximate surface area is 259 Å². The molecule has 2 aromatic heterocycles. The Kier molecular flexibility index (Phi) is 8.92. The first-order valence-electron chi connectivity index (χ1n) is 12.9. The molecule has 3 heterocycles. The fourth-order valence-corrected chi connectivity index (χ4v) is 6.90. The molecule has 20 heteroatoms. The third-order valence-electron chi connectivity index (χ3n) is 6.43. The molecule has 46 heavy (non-hydrogen) atoms. The molecule has 1 aliphatic rings. The number of rotatable bonds is 8. The topological polar surface area (TPSA) is 151 Å². The van der Waals surface area contributed by atoms with Gasteiger partial charge in [-0.3, -0.25) is 4.79 Å². The minimum Gasteiger partial charge on any atom is -0.406 e. The van der Waals surface area contributed by atoms with Crippen molar-refractivity contribution in [2.45, 2.75) is 30.2 Å². The van der Waals surface area contributed by atoms with E-state index in [0.29, 0.717) is 15.4 Å². The third-order valence-corrected chi connectivity index (χ3v) is 9.39. The molecule has 0 saturated carbocycles. The number of nitrogens with zero attached hydrogens (tertiary/aromatic N) is 6. The molecule has 5 rings (SSSR count). The molecular formula is C26H19F6N7O5S2. The van der Waals surface area contributed by atoms with E-state index in [2.05, 4.69) is 29.7 Å². The summed E-state index contributed by atoms with van der Waals surface area (Å²) in [6, 6.07) is 8.58. The zero-order valence-corrected chi connectivity index (χ0v) is 24.5. The second kappa shape index (κ2) is 12.6. The Hall–Kier alpha value is -4.74. The number of thiazole rings is 1. The summed E-state index contributed by atoms with van der Waals surface area (Å²) in [4.78, 5) is 27.1. The molecule has 1 atom stereocenters. The number of halogens is 6. The Morgan fingerprint density at radius 2 is 1.59 bits per heavy atom. The van der Waals surface area contributed by atoms with Gasteiger partial charge < -0.3 is 19.7 Å². The minimum absolute atomic E-state index is 0.0529. The van der Waals surface area contributed by atoms with Gasteiger partial charge in [-0.1, -0.05) is 23.5 Å². The molecule has 12 nitrogen and oxygen atoms in total. The van der Waals surface area contributed by atoms with Gasteiger partial charge in [0.05, 0.1) is 15.8 Å². The van der Waals surface area contributed by atoms with E-state index >= 15 is 0 Å². The van der Waals surface area contributed by atoms with Crippen LogP contribution in [-0.2, 0) is 21.4 Å². The van der Waals surface area contributed by atoms with Crippen LogP contribution in [0.3, 0.4) is 0 Å². The van der Waals surface area contributed by atoms with E-state index in [1.165, 1.54) is 18.3 Å². The summed E-state index contributed by atoms with van der Waals surface area (Å²) in [5, 5.41) is 12.0. The number of benzene rings is 2. The molecule has 1 fully saturated rings. The van der Waals surface area contributed by atoms with E-state index in [4.69, 9.17) is 5.26 Å². The zero-order chi connectivity index (χ0) is 33.3. The highest BCUT2D eigenvalue weighted by atomic mass is 32.2. The number of piperazine rings is 1. The van der Waals surface area contributed by atoms with E-state index in [1.54, 1.807) is 11.0 Å². The maximum Gasteiger partial charge on any atom is 0.573 e. The van der Waals surface area contributed by atoms with Gasteiger partial charge in [0.25, 0.3) is 0 Å². The number of anilines is 1. The standard InChI is InChI=1S/C26H19F6N7O5S2/c27-25(28,29)43-16-3-1-15(2-4-16)12-35-23(40)19-14-38(24-37-22-20(45-24)13-34-21(11-33)36-22)9-10-39(19)46(41,42)18-7-5-17(6-8-18)44-26(30,31)32/h1-8,13,19H,9-10,12,14H2,(H,35,40)/t19-/m1/s1. The zero-order valence-electron chi connectivity index (χ0n) is 22.9. The quantitative estimate of drug-likeness (QED) is 0.270. The first kappa shape index (κ1) is 32.6. The predicted molar refractivity (Wildman–Crippen MR) is 148 cm³/mol. The summed E-state index contributed by atoms with van der Waals surface area (Å²) < 4.78 is 112. The van der Waals surface area contributed by atoms with Gasteiger partial charge in [-0.05, 0) is 42.0 Å². The van der Waals surface area contributed by atoms with Gasteiger partial charge in [0.2, 0.25) is 21.8 Å². The van der Waals surface area contributed by atoms with Crippen molar-refractivity contribution >= 4 is 42.7 Å². The van der Waals surface area contributed by atoms with Crippen molar-refractivity contribution in [2.24, 2.45) is 0 Å². The molecule has 1 amide bonds. The average molecular weight is 688 g/mol. The van der Waals surface area contributed by atoms with E-state index in [1.807, 2.05) is 0 Å². The normalized spacial score (nSPS) is 16.2. The molecule has 1 saturated heterocycles. The van der Waals surface area contributed by atoms with E-state index in [0.717, 1.165) is 52.0 Å². The minimum atomic E-state index is -4.99. The second-order valence-corrected chi connectivity index (χ2v) is 12.4. The highest BCUT2D eigenvalue weighted by Gasteiger charge is 2.41. The molecule has 1 N–H and O–H groups in total. The lowest BCUT2D eigenvalue weighted by atomic mass is 10.1. The molecule has 0 aliphatic carbocycles. The van der Waals surface area contributed by atoms with Crippen molar-refractivity contribution in [3.8, 4) is 17.6 Å². The molecule has 0 bridgehead atoms. The lowest BCUT2D eigenvalue weighted by molar-refractivity contribution is -0.275. The smallest absolute Gasteiger partial charge is 0.406 e. The van der Waals surface area contributed by atoms with Crippen LogP contribution >= 0.6 is 11.3 Å². The average Bonchev–Trinajstić information content (AvgIpc) is 3.42. The largest absolute Gasteiger partial charge is 0.573 e. The van der Waals surface area contributed by atoms with E-state index in [-0.39, 0.29) is 37.7 Å². The Morgan fingerprint density at radius 1 is 0.978 bits per heavy atom. The number of hydrogen-bond donors (Lipinski definition) is 1. The van der Waals surface area contributed by atoms with Crippen molar-refractivity contribution in [3.63, 3.8) is 0 Å². The van der Waals surface area contributed by atoms with Gasteiger partial charge >= 0.3 is 12.7 Å². The molecule has 1 aliphatic heterocycles. The number of nitriles is 1. The highest BCUT2D eigenvalue weighted by Crippen LogP contribution is 2.32. The van der Waals surface area contributed by atoms with Crippen LogP contribution in [0.5, 0.6) is 11.5 Å². The fourth-order valence-electron chi connectivity index (χ4n) is 4.42. The van der Waals surface area contributed by atoms with Crippen molar-refractivity contribution in [1.82, 2.24) is 24.6 Å². The van der Waals surface area contributed by atoms with Crippen molar-refractivity contribution < 1.29 is 49.0 Å². The van der Waals surface area contributed by atoms with Crippen LogP contribution in [0.4, 0.5) is 31.5 Å². The Bertz CT molecular complexity index is 1880. The highest BCUT2D eigenvalue weighted by molar-refractivity contribution is 7.89. The monoisotopic (exact) mass is 687 g/mol. The Morgan fingerprint density at radius 3 is 2.17 bits per heavy atom. The lowest BCUT2D eigenvalue weighted by Crippen LogP contribution is -2.60. The number of ether oxygens (including phenoxy) is 2. The van der Waals surface area contributed by atoms with Crippen LogP contribution in [0, 0.1) is 11.3 Å². The van der Waals surface area contributed by atoms with Crippen LogP contribution < -0.4 is 19.7 Å². The van der Waals surface area contributed by atoms with Crippen molar-refractivity contribution in [2.75, 3.05) is 24.5 Å². The maximum absolute atomic E-state index is 13.7. The number of amides is 1. The maximum atomic E-state index is 13.7. The summed E-state index contributed by atoms with van der Waals surface area (Å²) in [5.41, 5.74) is 0.602. The van der Waals surface area contributed by atoms with Crippen LogP contribution in [0.1, 0.15) is 11.4 Å². The molecule has 4 aromatic rings. The number of carbonyl (C=O) groups excluding carboxylic acids is 1. The van der Waals surface area contributed by atoms with Crippen LogP contribution in [-0.4, -0.2) is 72.0 Å². The summed E-state index contributed by atoms with van der Waals surface area (Å²) in [6.07, 6.45) is -8.48. The third kappa shape index (κ3) is 7.72. The molecular weight excluding hydrogens is 668 g/mol. The SMILES string of the molecule is N#Cc1ncc2sc(N3CCN(S(=O)(=O)c4ccc(OC(F)(F)F)cc4)[C@@H](C(=O)NCc4ccc(OC(F)(F)F)cc4)C3)nc2n1. The van der Waals surface area contributed by atoms with E-state index < -0.39 is 51.1 Å². The van der Waals surface area contributed by atoms with Crippen LogP contribution in [0.25, 0.3) is 10.3 Å². The van der Waals surface area contributed by atoms with Crippen molar-refractivity contribution in [1.29, 1.82) is 5.26 Å². The van der Waals surface area contributed by atoms with Crippen LogP contribution in [0.2, 0.25) is 0 Å². The fraction of sp³-hybridized carbons (Fsp3) is 0.269. The number of nitrogens with one attached hydrogen (secondary N) is 1. The first-order valence-corrected chi connectivity index (χ1v) is 15.2. The van der Waals surface area contributed by atoms with E-state index in [9.17, 15) is 39.6 Å². The number of hydrogen-bond acceptors (Lipinski definition) is 11. The molecule has 0 spiro atoms. The Balaban J connectivity index is 1.39. The molecule has 242 valence electrons. The molecule has 0 radical (unpaired) electrons. The van der Waals surface area contributed by atoms with Gasteiger partial charge in [-0.2, -0.15) is 19.5 Å². The number of fused-ring (bicyclic) bond motifs is 1. The van der Waals surface area contributed by atoms with Gasteiger partial charge in [0.1, 0.15) is 23.6 Å². The van der Waals surface area contributed by atoms with Gasteiger partial charge in [-0.15, -0.1) is 26.3 Å². The number of carbonyl (C=O) groups is 1.